The molecule has 0 atom stereocenters. The highest BCUT2D eigenvalue weighted by Gasteiger charge is 2.17. The molecular formula is C14H16N2O4S. The lowest BCUT2D eigenvalue weighted by Crippen LogP contribution is -2.27. The second kappa shape index (κ2) is 6.64. The van der Waals surface area contributed by atoms with Crippen molar-refractivity contribution in [2.24, 2.45) is 0 Å². The van der Waals surface area contributed by atoms with Gasteiger partial charge in [-0.1, -0.05) is 12.1 Å². The molecule has 112 valence electrons. The van der Waals surface area contributed by atoms with Gasteiger partial charge in [0.1, 0.15) is 0 Å². The molecule has 1 aromatic heterocycles. The highest BCUT2D eigenvalue weighted by atomic mass is 32.2. The maximum Gasteiger partial charge on any atom is 0.307 e. The number of nitrogens with one attached hydrogen (secondary N) is 1. The summed E-state index contributed by atoms with van der Waals surface area (Å²) in [6, 6.07) is 6.62. The van der Waals surface area contributed by atoms with Gasteiger partial charge < -0.3 is 4.74 Å². The van der Waals surface area contributed by atoms with Crippen LogP contribution in [0.3, 0.4) is 0 Å². The van der Waals surface area contributed by atoms with Crippen LogP contribution >= 0.6 is 0 Å². The molecule has 21 heavy (non-hydrogen) atoms. The summed E-state index contributed by atoms with van der Waals surface area (Å²) in [4.78, 5) is 15.4. The zero-order valence-corrected chi connectivity index (χ0v) is 12.4. The Hall–Kier alpha value is -1.99. The smallest absolute Gasteiger partial charge is 0.307 e. The average Bonchev–Trinajstić information content (AvgIpc) is 2.46. The number of esters is 1. The van der Waals surface area contributed by atoms with Crippen LogP contribution in [0.5, 0.6) is 0 Å². The summed E-state index contributed by atoms with van der Waals surface area (Å²) >= 11 is 0. The lowest BCUT2D eigenvalue weighted by atomic mass is 10.2. The van der Waals surface area contributed by atoms with Gasteiger partial charge in [-0.2, -0.15) is 0 Å². The molecule has 0 radical (unpaired) electrons. The van der Waals surface area contributed by atoms with Crippen LogP contribution in [0, 0.1) is 0 Å². The van der Waals surface area contributed by atoms with Gasteiger partial charge in [-0.25, -0.2) is 13.1 Å². The van der Waals surface area contributed by atoms with E-state index in [4.69, 9.17) is 4.74 Å². The zero-order valence-electron chi connectivity index (χ0n) is 11.6. The van der Waals surface area contributed by atoms with Gasteiger partial charge >= 0.3 is 5.97 Å². The Labute approximate surface area is 123 Å². The summed E-state index contributed by atoms with van der Waals surface area (Å²) in [5.41, 5.74) is 0. The lowest BCUT2D eigenvalue weighted by Gasteiger charge is -2.09. The van der Waals surface area contributed by atoms with E-state index in [1.165, 1.54) is 6.07 Å². The number of sulfonamides is 1. The summed E-state index contributed by atoms with van der Waals surface area (Å²) in [5, 5.41) is 1.34. The molecule has 1 heterocycles. The molecule has 7 heteroatoms. The van der Waals surface area contributed by atoms with Crippen molar-refractivity contribution in [2.45, 2.75) is 18.2 Å². The van der Waals surface area contributed by atoms with Crippen molar-refractivity contribution in [1.82, 2.24) is 9.71 Å². The van der Waals surface area contributed by atoms with Crippen molar-refractivity contribution < 1.29 is 17.9 Å². The fourth-order valence-electron chi connectivity index (χ4n) is 1.93. The predicted octanol–water partition coefficient (Wildman–Crippen LogP) is 1.47. The quantitative estimate of drug-likeness (QED) is 0.817. The highest BCUT2D eigenvalue weighted by Crippen LogP contribution is 2.21. The third-order valence-electron chi connectivity index (χ3n) is 2.86. The first-order chi connectivity index (χ1) is 10.0. The first kappa shape index (κ1) is 15.4. The molecule has 0 bridgehead atoms. The molecule has 6 nitrogen and oxygen atoms in total. The highest BCUT2D eigenvalue weighted by molar-refractivity contribution is 7.89. The van der Waals surface area contributed by atoms with Crippen LogP contribution in [-0.2, 0) is 19.6 Å². The fourth-order valence-corrected chi connectivity index (χ4v) is 3.18. The van der Waals surface area contributed by atoms with Gasteiger partial charge in [0.15, 0.2) is 0 Å². The number of pyridine rings is 1. The molecule has 0 unspecified atom stereocenters. The second-order valence-electron chi connectivity index (χ2n) is 4.31. The number of fused-ring (bicyclic) bond motifs is 1. The van der Waals surface area contributed by atoms with E-state index in [9.17, 15) is 13.2 Å². The van der Waals surface area contributed by atoms with Crippen molar-refractivity contribution in [3.63, 3.8) is 0 Å². The van der Waals surface area contributed by atoms with E-state index in [0.29, 0.717) is 5.39 Å². The first-order valence-electron chi connectivity index (χ1n) is 6.52. The fraction of sp³-hybridized carbons (Fsp3) is 0.286. The van der Waals surface area contributed by atoms with Gasteiger partial charge in [-0.05, 0) is 19.1 Å². The Bertz CT molecular complexity index is 738. The lowest BCUT2D eigenvalue weighted by molar-refractivity contribution is -0.142. The topological polar surface area (TPSA) is 85.4 Å². The van der Waals surface area contributed by atoms with Gasteiger partial charge in [-0.3, -0.25) is 9.78 Å². The van der Waals surface area contributed by atoms with E-state index >= 15 is 0 Å². The predicted molar refractivity (Wildman–Crippen MR) is 78.2 cm³/mol. The van der Waals surface area contributed by atoms with Crippen LogP contribution in [0.15, 0.2) is 41.6 Å². The van der Waals surface area contributed by atoms with Crippen molar-refractivity contribution in [1.29, 1.82) is 0 Å². The van der Waals surface area contributed by atoms with Crippen molar-refractivity contribution in [3.05, 3.63) is 36.7 Å². The normalized spacial score (nSPS) is 11.5. The van der Waals surface area contributed by atoms with Crippen LogP contribution < -0.4 is 4.72 Å². The molecule has 0 saturated carbocycles. The number of benzene rings is 1. The minimum atomic E-state index is -3.68. The number of nitrogens with zero attached hydrogens (tertiary/aromatic N) is 1. The molecule has 0 amide bonds. The molecule has 0 aliphatic carbocycles. The molecule has 0 fully saturated rings. The van der Waals surface area contributed by atoms with Gasteiger partial charge in [-0.15, -0.1) is 0 Å². The molecule has 2 rings (SSSR count). The molecule has 0 aliphatic rings. The molecule has 0 spiro atoms. The SMILES string of the molecule is CCOC(=O)CCNS(=O)(=O)c1cccc2cnccc12. The summed E-state index contributed by atoms with van der Waals surface area (Å²) < 4.78 is 31.8. The number of carbonyl (C=O) groups is 1. The van der Waals surface area contributed by atoms with Gasteiger partial charge in [0.2, 0.25) is 10.0 Å². The average molecular weight is 308 g/mol. The number of aromatic nitrogens is 1. The summed E-state index contributed by atoms with van der Waals surface area (Å²) in [6.07, 6.45) is 3.15. The minimum absolute atomic E-state index is 0.000604. The van der Waals surface area contributed by atoms with E-state index in [2.05, 4.69) is 9.71 Å². The molecule has 0 aliphatic heterocycles. The van der Waals surface area contributed by atoms with Crippen LogP contribution in [0.2, 0.25) is 0 Å². The summed E-state index contributed by atoms with van der Waals surface area (Å²) in [6.45, 7) is 1.98. The molecule has 1 N–H and O–H groups in total. The number of hydrogen-bond donors (Lipinski definition) is 1. The number of ether oxygens (including phenoxy) is 1. The Morgan fingerprint density at radius 2 is 2.14 bits per heavy atom. The van der Waals surface area contributed by atoms with Crippen LogP contribution in [-0.4, -0.2) is 32.5 Å². The van der Waals surface area contributed by atoms with Crippen LogP contribution in [0.25, 0.3) is 10.8 Å². The maximum absolute atomic E-state index is 12.3. The van der Waals surface area contributed by atoms with Gasteiger partial charge in [0.25, 0.3) is 0 Å². The number of hydrogen-bond acceptors (Lipinski definition) is 5. The standard InChI is InChI=1S/C14H16N2O4S/c1-2-20-14(17)7-9-16-21(18,19)13-5-3-4-11-10-15-8-6-12(11)13/h3-6,8,10,16H,2,7,9H2,1H3. The van der Waals surface area contributed by atoms with Crippen molar-refractivity contribution >= 4 is 26.8 Å². The van der Waals surface area contributed by atoms with Gasteiger partial charge in [0, 0.05) is 29.7 Å². The van der Waals surface area contributed by atoms with Gasteiger partial charge in [0.05, 0.1) is 17.9 Å². The zero-order chi connectivity index (χ0) is 15.3. The number of rotatable bonds is 6. The van der Waals surface area contributed by atoms with E-state index in [0.717, 1.165) is 5.39 Å². The second-order valence-corrected chi connectivity index (χ2v) is 6.04. The van der Waals surface area contributed by atoms with E-state index in [1.807, 2.05) is 0 Å². The monoisotopic (exact) mass is 308 g/mol. The van der Waals surface area contributed by atoms with E-state index < -0.39 is 16.0 Å². The third-order valence-corrected chi connectivity index (χ3v) is 4.38. The summed E-state index contributed by atoms with van der Waals surface area (Å²) in [5.74, 6) is -0.428. The molecule has 0 saturated heterocycles. The molecular weight excluding hydrogens is 292 g/mol. The van der Waals surface area contributed by atoms with Crippen LogP contribution in [0.1, 0.15) is 13.3 Å². The number of carbonyl (C=O) groups excluding carboxylic acids is 1. The Kier molecular flexibility index (Phi) is 4.87. The Balaban J connectivity index is 2.17. The van der Waals surface area contributed by atoms with E-state index in [-0.39, 0.29) is 24.5 Å². The van der Waals surface area contributed by atoms with Crippen molar-refractivity contribution in [3.8, 4) is 0 Å². The third kappa shape index (κ3) is 3.77. The minimum Gasteiger partial charge on any atom is -0.466 e. The molecule has 2 aromatic rings. The van der Waals surface area contributed by atoms with E-state index in [1.54, 1.807) is 37.5 Å². The summed E-state index contributed by atoms with van der Waals surface area (Å²) in [7, 11) is -3.68. The first-order valence-corrected chi connectivity index (χ1v) is 8.01. The Morgan fingerprint density at radius 1 is 1.33 bits per heavy atom. The van der Waals surface area contributed by atoms with Crippen molar-refractivity contribution in [2.75, 3.05) is 13.2 Å². The Morgan fingerprint density at radius 3 is 2.90 bits per heavy atom. The maximum atomic E-state index is 12.3. The van der Waals surface area contributed by atoms with Crippen LogP contribution in [0.4, 0.5) is 0 Å². The molecule has 1 aromatic carbocycles. The largest absolute Gasteiger partial charge is 0.466 e.